The van der Waals surface area contributed by atoms with Crippen LogP contribution in [-0.4, -0.2) is 26.2 Å². The van der Waals surface area contributed by atoms with Crippen LogP contribution in [0.2, 0.25) is 0 Å². The first-order valence-electron chi connectivity index (χ1n) is 10.6. The molecule has 2 aromatic carbocycles. The molecule has 1 atom stereocenters. The number of Topliss-reactive ketones (excluding diaryl/α,β-unsaturated/α-hetero) is 1. The van der Waals surface area contributed by atoms with Crippen molar-refractivity contribution in [1.82, 2.24) is 19.9 Å². The molecule has 0 bridgehead atoms. The van der Waals surface area contributed by atoms with Crippen LogP contribution in [0.25, 0.3) is 11.0 Å². The number of rotatable bonds is 4. The molecule has 1 aliphatic carbocycles. The third-order valence-electron chi connectivity index (χ3n) is 6.15. The molecule has 6 nitrogen and oxygen atoms in total. The van der Waals surface area contributed by atoms with Crippen molar-refractivity contribution in [2.75, 3.05) is 0 Å². The van der Waals surface area contributed by atoms with Gasteiger partial charge in [-0.2, -0.15) is 0 Å². The molecule has 0 aliphatic heterocycles. The number of aryl methyl sites for hydroxylation is 2. The second-order valence-corrected chi connectivity index (χ2v) is 8.09. The van der Waals surface area contributed by atoms with Crippen molar-refractivity contribution < 1.29 is 9.59 Å². The van der Waals surface area contributed by atoms with Crippen LogP contribution in [-0.2, 0) is 13.5 Å². The number of para-hydroxylation sites is 2. The van der Waals surface area contributed by atoms with Crippen molar-refractivity contribution in [3.05, 3.63) is 88.5 Å². The van der Waals surface area contributed by atoms with Gasteiger partial charge in [-0.15, -0.1) is 0 Å². The number of benzene rings is 2. The Kier molecular flexibility index (Phi) is 4.70. The summed E-state index contributed by atoms with van der Waals surface area (Å²) in [6.07, 6.45) is 2.15. The maximum Gasteiger partial charge on any atom is 0.268 e. The second kappa shape index (κ2) is 7.54. The molecule has 0 saturated heterocycles. The van der Waals surface area contributed by atoms with E-state index >= 15 is 0 Å². The zero-order chi connectivity index (χ0) is 21.5. The Balaban J connectivity index is 1.56. The average molecular weight is 412 g/mol. The molecule has 4 aromatic rings. The van der Waals surface area contributed by atoms with Crippen LogP contribution in [0.1, 0.15) is 62.4 Å². The maximum atomic E-state index is 13.4. The first-order chi connectivity index (χ1) is 15.0. The van der Waals surface area contributed by atoms with Crippen LogP contribution >= 0.6 is 0 Å². The van der Waals surface area contributed by atoms with Crippen molar-refractivity contribution in [3.8, 4) is 0 Å². The van der Waals surface area contributed by atoms with Crippen LogP contribution in [0.4, 0.5) is 0 Å². The summed E-state index contributed by atoms with van der Waals surface area (Å²) < 4.78 is 2.02. The van der Waals surface area contributed by atoms with Crippen molar-refractivity contribution >= 4 is 22.7 Å². The molecule has 0 spiro atoms. The highest BCUT2D eigenvalue weighted by molar-refractivity contribution is 6.04. The highest BCUT2D eigenvalue weighted by Crippen LogP contribution is 2.29. The zero-order valence-corrected chi connectivity index (χ0v) is 17.6. The largest absolute Gasteiger partial charge is 0.354 e. The Bertz CT molecular complexity index is 1300. The number of nitrogens with one attached hydrogen (secondary N) is 2. The van der Waals surface area contributed by atoms with Crippen molar-refractivity contribution in [1.29, 1.82) is 0 Å². The molecule has 6 heteroatoms. The number of hydrogen-bond donors (Lipinski definition) is 2. The number of carbonyl (C=O) groups excluding carboxylic acids is 2. The fraction of sp³-hybridized carbons (Fsp3) is 0.240. The van der Waals surface area contributed by atoms with Crippen molar-refractivity contribution in [2.45, 2.75) is 32.2 Å². The van der Waals surface area contributed by atoms with E-state index in [1.165, 1.54) is 0 Å². The summed E-state index contributed by atoms with van der Waals surface area (Å²) in [4.78, 5) is 33.8. The summed E-state index contributed by atoms with van der Waals surface area (Å²) in [7, 11) is 1.96. The van der Waals surface area contributed by atoms with Gasteiger partial charge in [-0.3, -0.25) is 9.59 Å². The van der Waals surface area contributed by atoms with Gasteiger partial charge in [0.15, 0.2) is 5.78 Å². The van der Waals surface area contributed by atoms with E-state index in [9.17, 15) is 9.59 Å². The molecule has 1 unspecified atom stereocenters. The minimum Gasteiger partial charge on any atom is -0.354 e. The number of amides is 1. The molecule has 1 aliphatic rings. The number of fused-ring (bicyclic) bond motifs is 2. The smallest absolute Gasteiger partial charge is 0.268 e. The summed E-state index contributed by atoms with van der Waals surface area (Å²) in [5.74, 6) is 0.635. The van der Waals surface area contributed by atoms with E-state index in [2.05, 4.69) is 10.3 Å². The number of nitrogens with zero attached hydrogens (tertiary/aromatic N) is 2. The van der Waals surface area contributed by atoms with E-state index in [-0.39, 0.29) is 11.7 Å². The molecule has 0 radical (unpaired) electrons. The molecule has 0 fully saturated rings. The molecular formula is C25H24N4O2. The predicted molar refractivity (Wildman–Crippen MR) is 119 cm³/mol. The maximum absolute atomic E-state index is 13.4. The molecule has 5 rings (SSSR count). The minimum atomic E-state index is -0.429. The Labute approximate surface area is 180 Å². The fourth-order valence-electron chi connectivity index (χ4n) is 4.57. The van der Waals surface area contributed by atoms with Gasteiger partial charge >= 0.3 is 0 Å². The summed E-state index contributed by atoms with van der Waals surface area (Å²) in [6, 6.07) is 17.3. The number of carbonyl (C=O) groups is 2. The first-order valence-corrected chi connectivity index (χ1v) is 10.6. The van der Waals surface area contributed by atoms with Gasteiger partial charge in [0.05, 0.1) is 11.0 Å². The molecule has 2 aromatic heterocycles. The molecule has 1 amide bonds. The van der Waals surface area contributed by atoms with E-state index in [0.29, 0.717) is 17.7 Å². The summed E-state index contributed by atoms with van der Waals surface area (Å²) in [5, 5.41) is 3.17. The van der Waals surface area contributed by atoms with Crippen LogP contribution < -0.4 is 5.32 Å². The number of imidazole rings is 1. The van der Waals surface area contributed by atoms with Crippen LogP contribution in [0.15, 0.2) is 54.6 Å². The molecule has 2 N–H and O–H groups in total. The Morgan fingerprint density at radius 1 is 1.10 bits per heavy atom. The lowest BCUT2D eigenvalue weighted by Gasteiger charge is -2.19. The Hall–Kier alpha value is -3.67. The summed E-state index contributed by atoms with van der Waals surface area (Å²) in [6.45, 7) is 1.85. The third-order valence-corrected chi connectivity index (χ3v) is 6.15. The van der Waals surface area contributed by atoms with Gasteiger partial charge in [-0.1, -0.05) is 42.5 Å². The van der Waals surface area contributed by atoms with Crippen molar-refractivity contribution in [2.24, 2.45) is 7.05 Å². The fourth-order valence-corrected chi connectivity index (χ4v) is 4.57. The lowest BCUT2D eigenvalue weighted by molar-refractivity contribution is 0.0935. The average Bonchev–Trinajstić information content (AvgIpc) is 3.31. The topological polar surface area (TPSA) is 79.8 Å². The zero-order valence-electron chi connectivity index (χ0n) is 17.6. The van der Waals surface area contributed by atoms with Gasteiger partial charge in [-0.05, 0) is 43.0 Å². The van der Waals surface area contributed by atoms with E-state index in [1.54, 1.807) is 0 Å². The lowest BCUT2D eigenvalue weighted by atomic mass is 9.93. The molecule has 31 heavy (non-hydrogen) atoms. The quantitative estimate of drug-likeness (QED) is 0.526. The van der Waals surface area contributed by atoms with Gasteiger partial charge in [-0.25, -0.2) is 4.98 Å². The van der Waals surface area contributed by atoms with E-state index < -0.39 is 6.04 Å². The third kappa shape index (κ3) is 3.24. The molecule has 156 valence electrons. The van der Waals surface area contributed by atoms with E-state index in [1.807, 2.05) is 73.1 Å². The van der Waals surface area contributed by atoms with Crippen LogP contribution in [0.3, 0.4) is 0 Å². The lowest BCUT2D eigenvalue weighted by Crippen LogP contribution is -2.31. The van der Waals surface area contributed by atoms with Gasteiger partial charge in [0.25, 0.3) is 5.91 Å². The normalized spacial score (nSPS) is 14.5. The minimum absolute atomic E-state index is 0.115. The Morgan fingerprint density at radius 3 is 2.58 bits per heavy atom. The molecular weight excluding hydrogens is 388 g/mol. The van der Waals surface area contributed by atoms with Gasteiger partial charge in [0.1, 0.15) is 17.6 Å². The SMILES string of the molecule is Cc1c(C(=O)NC(c2ccccc2)c2nc3ccccc3n2C)[nH]c2c1C(=O)CCC2. The predicted octanol–water partition coefficient (Wildman–Crippen LogP) is 4.25. The second-order valence-electron chi connectivity index (χ2n) is 8.09. The Morgan fingerprint density at radius 2 is 1.84 bits per heavy atom. The highest BCUT2D eigenvalue weighted by Gasteiger charge is 2.29. The van der Waals surface area contributed by atoms with Crippen molar-refractivity contribution in [3.63, 3.8) is 0 Å². The first kappa shape index (κ1) is 19.3. The van der Waals surface area contributed by atoms with E-state index in [4.69, 9.17) is 4.98 Å². The van der Waals surface area contributed by atoms with Gasteiger partial charge in [0.2, 0.25) is 0 Å². The standard InChI is InChI=1S/C25H24N4O2/c1-15-21-18(12-8-14-20(21)30)26-22(15)25(31)28-23(16-9-4-3-5-10-16)24-27-17-11-6-7-13-19(17)29(24)2/h3-7,9-11,13,23,26H,8,12,14H2,1-2H3,(H,28,31). The number of aromatic amines is 1. The monoisotopic (exact) mass is 412 g/mol. The summed E-state index contributed by atoms with van der Waals surface area (Å²) >= 11 is 0. The van der Waals surface area contributed by atoms with Crippen LogP contribution in [0.5, 0.6) is 0 Å². The number of hydrogen-bond acceptors (Lipinski definition) is 3. The molecule has 0 saturated carbocycles. The van der Waals surface area contributed by atoms with Gasteiger partial charge < -0.3 is 14.9 Å². The summed E-state index contributed by atoms with van der Waals surface area (Å²) in [5.41, 5.74) is 5.58. The number of aromatic nitrogens is 3. The van der Waals surface area contributed by atoms with E-state index in [0.717, 1.165) is 46.5 Å². The highest BCUT2D eigenvalue weighted by atomic mass is 16.2. The molecule has 2 heterocycles. The van der Waals surface area contributed by atoms with Gasteiger partial charge in [0, 0.05) is 24.7 Å². The number of H-pyrrole nitrogens is 1. The number of ketones is 1. The van der Waals surface area contributed by atoms with Crippen LogP contribution in [0, 0.1) is 6.92 Å².